The van der Waals surface area contributed by atoms with Gasteiger partial charge in [0.05, 0.1) is 24.4 Å². The van der Waals surface area contributed by atoms with E-state index in [-0.39, 0.29) is 65.8 Å². The molecule has 0 radical (unpaired) electrons. The van der Waals surface area contributed by atoms with Gasteiger partial charge in [-0.1, -0.05) is 23.7 Å². The zero-order valence-corrected chi connectivity index (χ0v) is 30.2. The largest absolute Gasteiger partial charge is 0.481 e. The summed E-state index contributed by atoms with van der Waals surface area (Å²) in [6.45, 7) is 1.59. The fourth-order valence-corrected chi connectivity index (χ4v) is 7.60. The number of methoxy groups -OCH3 is 1. The van der Waals surface area contributed by atoms with Crippen LogP contribution in [-0.2, 0) is 20.7 Å². The molecule has 2 saturated heterocycles. The van der Waals surface area contributed by atoms with Gasteiger partial charge in [0.15, 0.2) is 22.4 Å². The standard InChI is InChI=1S/C37H32ClF3N6O6S/c1-52-36(50)32-29(43-34(35-42-8-11-54-35)44-33(32)26-5-4-21(39)15-27(26)38)19-45-9-10-46-24(17-45)18-47(37(46)51)23-13-22(40)14-25(16-23)53-30-6-2-20(12-28(30)41)3-7-31(48)49/h2,4-6,8,11-16,24,33H,3,7,9-10,17-19H2,1H3,(H,43,44)(H,48,49)/t24-,33-/m0/s1. The first-order valence-corrected chi connectivity index (χ1v) is 18.0. The summed E-state index contributed by atoms with van der Waals surface area (Å²) in [5, 5.41) is 14.6. The maximum absolute atomic E-state index is 14.9. The molecule has 1 aromatic heterocycles. The highest BCUT2D eigenvalue weighted by Crippen LogP contribution is 2.38. The number of aliphatic imine (C=N–C) groups is 1. The highest BCUT2D eigenvalue weighted by Gasteiger charge is 2.42. The molecule has 0 unspecified atom stereocenters. The number of carbonyl (C=O) groups is 3. The second kappa shape index (κ2) is 15.5. The van der Waals surface area contributed by atoms with Gasteiger partial charge < -0.3 is 24.8 Å². The molecule has 2 fully saturated rings. The molecule has 17 heteroatoms. The van der Waals surface area contributed by atoms with Crippen molar-refractivity contribution >= 4 is 52.4 Å². The molecule has 2 atom stereocenters. The number of aromatic nitrogens is 1. The number of fused-ring (bicyclic) bond motifs is 1. The number of aliphatic carboxylic acids is 1. The Kier molecular flexibility index (Phi) is 10.6. The van der Waals surface area contributed by atoms with Gasteiger partial charge in [-0.15, -0.1) is 11.3 Å². The molecule has 54 heavy (non-hydrogen) atoms. The number of piperazine rings is 1. The number of hydrogen-bond donors (Lipinski definition) is 2. The van der Waals surface area contributed by atoms with Crippen molar-refractivity contribution in [1.29, 1.82) is 0 Å². The van der Waals surface area contributed by atoms with Crippen molar-refractivity contribution in [2.24, 2.45) is 4.99 Å². The van der Waals surface area contributed by atoms with E-state index in [4.69, 9.17) is 31.2 Å². The number of halogens is 4. The van der Waals surface area contributed by atoms with E-state index in [9.17, 15) is 27.6 Å². The van der Waals surface area contributed by atoms with Crippen LogP contribution in [0, 0.1) is 17.5 Å². The molecule has 7 rings (SSSR count). The summed E-state index contributed by atoms with van der Waals surface area (Å²) in [6.07, 6.45) is 1.60. The van der Waals surface area contributed by atoms with Crippen LogP contribution in [0.3, 0.4) is 0 Å². The second-order valence-electron chi connectivity index (χ2n) is 12.8. The maximum atomic E-state index is 14.9. The maximum Gasteiger partial charge on any atom is 0.338 e. The first kappa shape index (κ1) is 36.9. The predicted molar refractivity (Wildman–Crippen MR) is 193 cm³/mol. The molecule has 12 nitrogen and oxygen atoms in total. The van der Waals surface area contributed by atoms with Crippen LogP contribution in [0.25, 0.3) is 0 Å². The Balaban J connectivity index is 1.10. The molecule has 2 amide bonds. The van der Waals surface area contributed by atoms with Crippen molar-refractivity contribution in [1.82, 2.24) is 20.1 Å². The minimum atomic E-state index is -1.01. The number of benzene rings is 3. The lowest BCUT2D eigenvalue weighted by molar-refractivity contribution is -0.137. The average Bonchev–Trinajstić information content (AvgIpc) is 3.79. The number of rotatable bonds is 11. The number of hydrogen-bond acceptors (Lipinski definition) is 10. The topological polar surface area (TPSA) is 137 Å². The number of nitrogens with zero attached hydrogens (tertiary/aromatic N) is 5. The average molecular weight is 781 g/mol. The summed E-state index contributed by atoms with van der Waals surface area (Å²) in [7, 11) is 1.26. The smallest absolute Gasteiger partial charge is 0.338 e. The molecule has 280 valence electrons. The van der Waals surface area contributed by atoms with Gasteiger partial charge in [0, 0.05) is 79.1 Å². The van der Waals surface area contributed by atoms with E-state index in [1.165, 1.54) is 65.8 Å². The van der Waals surface area contributed by atoms with Crippen LogP contribution in [-0.4, -0.2) is 89.6 Å². The summed E-state index contributed by atoms with van der Waals surface area (Å²) in [5.74, 6) is -3.45. The monoisotopic (exact) mass is 780 g/mol. The summed E-state index contributed by atoms with van der Waals surface area (Å²) in [6, 6.07) is 10.1. The Morgan fingerprint density at radius 2 is 1.89 bits per heavy atom. The van der Waals surface area contributed by atoms with E-state index >= 15 is 0 Å². The van der Waals surface area contributed by atoms with Crippen LogP contribution < -0.4 is 15.0 Å². The van der Waals surface area contributed by atoms with E-state index in [1.54, 1.807) is 16.5 Å². The van der Waals surface area contributed by atoms with Gasteiger partial charge >= 0.3 is 18.0 Å². The summed E-state index contributed by atoms with van der Waals surface area (Å²) in [5.41, 5.74) is 1.77. The second-order valence-corrected chi connectivity index (χ2v) is 14.1. The lowest BCUT2D eigenvalue weighted by Crippen LogP contribution is -2.53. The van der Waals surface area contributed by atoms with Gasteiger partial charge in [0.2, 0.25) is 0 Å². The number of anilines is 1. The molecular weight excluding hydrogens is 749 g/mol. The number of nitrogens with one attached hydrogen (secondary N) is 1. The van der Waals surface area contributed by atoms with E-state index in [1.807, 2.05) is 0 Å². The van der Waals surface area contributed by atoms with E-state index in [0.717, 1.165) is 12.1 Å². The van der Waals surface area contributed by atoms with Crippen molar-refractivity contribution in [3.63, 3.8) is 0 Å². The Labute approximate surface area is 316 Å². The number of urea groups is 1. The predicted octanol–water partition coefficient (Wildman–Crippen LogP) is 6.17. The first-order chi connectivity index (χ1) is 26.0. The summed E-state index contributed by atoms with van der Waals surface area (Å²) < 4.78 is 54.7. The Hall–Kier alpha value is -5.45. The molecular formula is C37H32ClF3N6O6S. The zero-order chi connectivity index (χ0) is 38.1. The third-order valence-corrected chi connectivity index (χ3v) is 10.4. The zero-order valence-electron chi connectivity index (χ0n) is 28.6. The fraction of sp³-hybridized carbons (Fsp3) is 0.270. The lowest BCUT2D eigenvalue weighted by atomic mass is 9.95. The van der Waals surface area contributed by atoms with Crippen molar-refractivity contribution in [2.45, 2.75) is 24.9 Å². The quantitative estimate of drug-likeness (QED) is 0.171. The number of carbonyl (C=O) groups excluding carboxylic acids is 2. The van der Waals surface area contributed by atoms with E-state index in [2.05, 4.69) is 15.2 Å². The van der Waals surface area contributed by atoms with Crippen molar-refractivity contribution < 1.29 is 42.1 Å². The van der Waals surface area contributed by atoms with Crippen LogP contribution in [0.15, 0.2) is 82.4 Å². The van der Waals surface area contributed by atoms with Gasteiger partial charge in [-0.2, -0.15) is 0 Å². The number of carboxylic acid groups (broad SMARTS) is 1. The third kappa shape index (κ3) is 7.76. The molecule has 4 heterocycles. The molecule has 0 spiro atoms. The molecule has 0 bridgehead atoms. The first-order valence-electron chi connectivity index (χ1n) is 16.8. The number of thiazole rings is 1. The van der Waals surface area contributed by atoms with Gasteiger partial charge in [0.25, 0.3) is 0 Å². The molecule has 3 aliphatic heterocycles. The molecule has 4 aromatic rings. The van der Waals surface area contributed by atoms with Gasteiger partial charge in [-0.3, -0.25) is 19.6 Å². The van der Waals surface area contributed by atoms with Gasteiger partial charge in [0.1, 0.15) is 23.4 Å². The number of aryl methyl sites for hydroxylation is 1. The van der Waals surface area contributed by atoms with Crippen LogP contribution in [0.2, 0.25) is 5.02 Å². The lowest BCUT2D eigenvalue weighted by Gasteiger charge is -2.38. The molecule has 3 aromatic carbocycles. The molecule has 2 N–H and O–H groups in total. The Morgan fingerprint density at radius 3 is 2.61 bits per heavy atom. The van der Waals surface area contributed by atoms with Crippen molar-refractivity contribution in [3.05, 3.63) is 116 Å². The third-order valence-electron chi connectivity index (χ3n) is 9.26. The number of esters is 1. The van der Waals surface area contributed by atoms with Gasteiger partial charge in [-0.25, -0.2) is 27.7 Å². The SMILES string of the molecule is COC(=O)C1=C(CN2CCN3C(=O)N(c4cc(F)cc(Oc5ccc(CCC(=O)O)cc5F)c4)C[C@@H]3C2)NC(c2nccs2)=N[C@H]1c1ccc(F)cc1Cl. The van der Waals surface area contributed by atoms with Crippen LogP contribution >= 0.6 is 22.9 Å². The summed E-state index contributed by atoms with van der Waals surface area (Å²) in [4.78, 5) is 52.3. The van der Waals surface area contributed by atoms with Crippen LogP contribution in [0.5, 0.6) is 11.5 Å². The highest BCUT2D eigenvalue weighted by atomic mass is 35.5. The summed E-state index contributed by atoms with van der Waals surface area (Å²) >= 11 is 7.83. The molecule has 0 saturated carbocycles. The van der Waals surface area contributed by atoms with Crippen LogP contribution in [0.4, 0.5) is 23.7 Å². The van der Waals surface area contributed by atoms with Crippen molar-refractivity contribution in [2.75, 3.05) is 44.7 Å². The van der Waals surface area contributed by atoms with Crippen LogP contribution in [0.1, 0.15) is 28.6 Å². The van der Waals surface area contributed by atoms with E-state index < -0.39 is 35.4 Å². The number of ether oxygens (including phenoxy) is 2. The minimum Gasteiger partial charge on any atom is -0.481 e. The molecule has 0 aliphatic carbocycles. The Bertz CT molecular complexity index is 2190. The molecule has 3 aliphatic rings. The Morgan fingerprint density at radius 1 is 1.06 bits per heavy atom. The number of amidine groups is 1. The fourth-order valence-electron chi connectivity index (χ4n) is 6.75. The number of amides is 2. The van der Waals surface area contributed by atoms with E-state index in [0.29, 0.717) is 47.3 Å². The highest BCUT2D eigenvalue weighted by molar-refractivity contribution is 7.11. The number of carboxylic acids is 1. The van der Waals surface area contributed by atoms with Crippen molar-refractivity contribution in [3.8, 4) is 11.5 Å². The minimum absolute atomic E-state index is 0.0272. The normalized spacial score (nSPS) is 18.7. The van der Waals surface area contributed by atoms with Gasteiger partial charge in [-0.05, 0) is 42.3 Å².